The molecule has 0 unspecified atom stereocenters. The lowest BCUT2D eigenvalue weighted by molar-refractivity contribution is 1.29. The van der Waals surface area contributed by atoms with E-state index in [1.165, 1.54) is 33.6 Å². The molecule has 0 saturated carbocycles. The van der Waals surface area contributed by atoms with Crippen LogP contribution in [0, 0.1) is 20.8 Å². The van der Waals surface area contributed by atoms with Gasteiger partial charge < -0.3 is 5.73 Å². The Hall–Kier alpha value is -1.35. The molecule has 2 N–H and O–H groups in total. The molecule has 2 rings (SSSR count). The Labute approximate surface area is 93.8 Å². The van der Waals surface area contributed by atoms with Crippen molar-refractivity contribution in [3.8, 4) is 11.3 Å². The predicted octanol–water partition coefficient (Wildman–Crippen LogP) is 3.32. The Morgan fingerprint density at radius 2 is 1.73 bits per heavy atom. The van der Waals surface area contributed by atoms with Crippen LogP contribution in [0.15, 0.2) is 17.6 Å². The first-order valence-electron chi connectivity index (χ1n) is 4.87. The zero-order chi connectivity index (χ0) is 11.0. The van der Waals surface area contributed by atoms with Gasteiger partial charge in [-0.15, -0.1) is 11.3 Å². The third kappa shape index (κ3) is 1.75. The van der Waals surface area contributed by atoms with Crippen molar-refractivity contribution >= 4 is 16.3 Å². The van der Waals surface area contributed by atoms with Gasteiger partial charge in [-0.25, -0.2) is 4.98 Å². The monoisotopic (exact) mass is 218 g/mol. The first-order chi connectivity index (χ1) is 7.09. The molecule has 0 spiro atoms. The zero-order valence-corrected chi connectivity index (χ0v) is 9.98. The molecule has 0 amide bonds. The van der Waals surface area contributed by atoms with E-state index in [1.54, 1.807) is 5.51 Å². The summed E-state index contributed by atoms with van der Waals surface area (Å²) in [5, 5.41) is 0.796. The molecule has 1 aromatic heterocycles. The van der Waals surface area contributed by atoms with Crippen molar-refractivity contribution in [2.24, 2.45) is 0 Å². The maximum atomic E-state index is 5.90. The molecule has 0 saturated heterocycles. The number of nitrogen functional groups attached to an aromatic ring is 1. The maximum absolute atomic E-state index is 5.90. The van der Waals surface area contributed by atoms with Gasteiger partial charge in [-0.05, 0) is 31.9 Å². The standard InChI is InChI=1S/C12H14N2S/c1-7-4-8(2)10(9(3)5-7)11-12(13)15-6-14-11/h4-6H,13H2,1-3H3. The molecule has 0 aliphatic heterocycles. The van der Waals surface area contributed by atoms with E-state index in [9.17, 15) is 0 Å². The average molecular weight is 218 g/mol. The molecule has 3 heteroatoms. The fourth-order valence-electron chi connectivity index (χ4n) is 2.00. The van der Waals surface area contributed by atoms with Crippen molar-refractivity contribution in [2.75, 3.05) is 5.73 Å². The first-order valence-corrected chi connectivity index (χ1v) is 5.74. The van der Waals surface area contributed by atoms with Gasteiger partial charge in [0.2, 0.25) is 0 Å². The lowest BCUT2D eigenvalue weighted by Gasteiger charge is -2.09. The average Bonchev–Trinajstić information content (AvgIpc) is 2.50. The maximum Gasteiger partial charge on any atom is 0.114 e. The van der Waals surface area contributed by atoms with E-state index in [0.29, 0.717) is 0 Å². The molecule has 15 heavy (non-hydrogen) atoms. The van der Waals surface area contributed by atoms with Crippen molar-refractivity contribution in [1.29, 1.82) is 0 Å². The van der Waals surface area contributed by atoms with E-state index in [0.717, 1.165) is 10.7 Å². The Morgan fingerprint density at radius 1 is 1.13 bits per heavy atom. The van der Waals surface area contributed by atoms with Crippen LogP contribution in [0.3, 0.4) is 0 Å². The second-order valence-corrected chi connectivity index (χ2v) is 4.73. The van der Waals surface area contributed by atoms with Crippen molar-refractivity contribution < 1.29 is 0 Å². The molecule has 78 valence electrons. The highest BCUT2D eigenvalue weighted by molar-refractivity contribution is 7.14. The zero-order valence-electron chi connectivity index (χ0n) is 9.16. The van der Waals surface area contributed by atoms with Crippen LogP contribution in [-0.2, 0) is 0 Å². The summed E-state index contributed by atoms with van der Waals surface area (Å²) in [6.07, 6.45) is 0. The van der Waals surface area contributed by atoms with Crippen LogP contribution in [0.4, 0.5) is 5.00 Å². The second-order valence-electron chi connectivity index (χ2n) is 3.84. The molecule has 0 aliphatic rings. The van der Waals surface area contributed by atoms with Crippen molar-refractivity contribution in [3.05, 3.63) is 34.3 Å². The normalized spacial score (nSPS) is 10.6. The Morgan fingerprint density at radius 3 is 2.20 bits per heavy atom. The molecule has 0 aliphatic carbocycles. The lowest BCUT2D eigenvalue weighted by atomic mass is 9.98. The van der Waals surface area contributed by atoms with Gasteiger partial charge in [0.25, 0.3) is 0 Å². The van der Waals surface area contributed by atoms with E-state index in [1.807, 2.05) is 0 Å². The molecular weight excluding hydrogens is 204 g/mol. The fraction of sp³-hybridized carbons (Fsp3) is 0.250. The number of thiazole rings is 1. The number of hydrogen-bond acceptors (Lipinski definition) is 3. The van der Waals surface area contributed by atoms with Crippen molar-refractivity contribution in [3.63, 3.8) is 0 Å². The van der Waals surface area contributed by atoms with Crippen LogP contribution >= 0.6 is 11.3 Å². The summed E-state index contributed by atoms with van der Waals surface area (Å²) in [7, 11) is 0. The highest BCUT2D eigenvalue weighted by atomic mass is 32.1. The molecule has 0 atom stereocenters. The second kappa shape index (κ2) is 3.66. The number of nitrogens with two attached hydrogens (primary N) is 1. The number of aryl methyl sites for hydroxylation is 3. The summed E-state index contributed by atoms with van der Waals surface area (Å²) in [6.45, 7) is 6.32. The first kappa shape index (κ1) is 10.2. The van der Waals surface area contributed by atoms with Crippen molar-refractivity contribution in [1.82, 2.24) is 4.98 Å². The van der Waals surface area contributed by atoms with E-state index in [4.69, 9.17) is 5.73 Å². The van der Waals surface area contributed by atoms with Crippen LogP contribution < -0.4 is 5.73 Å². The van der Waals surface area contributed by atoms with Crippen LogP contribution in [0.2, 0.25) is 0 Å². The highest BCUT2D eigenvalue weighted by Crippen LogP contribution is 2.33. The smallest absolute Gasteiger partial charge is 0.114 e. The van der Waals surface area contributed by atoms with Gasteiger partial charge in [-0.1, -0.05) is 17.7 Å². The number of benzene rings is 1. The van der Waals surface area contributed by atoms with Gasteiger partial charge in [0.15, 0.2) is 0 Å². The highest BCUT2D eigenvalue weighted by Gasteiger charge is 2.11. The minimum absolute atomic E-state index is 0.796. The summed E-state index contributed by atoms with van der Waals surface area (Å²) >= 11 is 1.49. The SMILES string of the molecule is Cc1cc(C)c(-c2ncsc2N)c(C)c1. The number of rotatable bonds is 1. The van der Waals surface area contributed by atoms with Crippen LogP contribution in [0.25, 0.3) is 11.3 Å². The molecule has 0 radical (unpaired) electrons. The summed E-state index contributed by atoms with van der Waals surface area (Å²) in [5.74, 6) is 0. The Kier molecular flexibility index (Phi) is 2.49. The molecule has 2 nitrogen and oxygen atoms in total. The van der Waals surface area contributed by atoms with Crippen LogP contribution in [-0.4, -0.2) is 4.98 Å². The quantitative estimate of drug-likeness (QED) is 0.797. The van der Waals surface area contributed by atoms with Gasteiger partial charge in [-0.2, -0.15) is 0 Å². The lowest BCUT2D eigenvalue weighted by Crippen LogP contribution is -1.93. The van der Waals surface area contributed by atoms with Gasteiger partial charge in [0.1, 0.15) is 10.7 Å². The summed E-state index contributed by atoms with van der Waals surface area (Å²) in [4.78, 5) is 4.33. The van der Waals surface area contributed by atoms with Crippen LogP contribution in [0.1, 0.15) is 16.7 Å². The van der Waals surface area contributed by atoms with Crippen LogP contribution in [0.5, 0.6) is 0 Å². The van der Waals surface area contributed by atoms with E-state index >= 15 is 0 Å². The Balaban J connectivity index is 2.68. The van der Waals surface area contributed by atoms with Gasteiger partial charge in [0, 0.05) is 5.56 Å². The molecule has 1 aromatic carbocycles. The number of anilines is 1. The van der Waals surface area contributed by atoms with Crippen molar-refractivity contribution in [2.45, 2.75) is 20.8 Å². The predicted molar refractivity (Wildman–Crippen MR) is 66.2 cm³/mol. The molecular formula is C12H14N2S. The number of nitrogens with zero attached hydrogens (tertiary/aromatic N) is 1. The number of hydrogen-bond donors (Lipinski definition) is 1. The van der Waals surface area contributed by atoms with E-state index in [-0.39, 0.29) is 0 Å². The topological polar surface area (TPSA) is 38.9 Å². The fourth-order valence-corrected chi connectivity index (χ4v) is 2.53. The summed E-state index contributed by atoms with van der Waals surface area (Å²) < 4.78 is 0. The molecule has 1 heterocycles. The third-order valence-corrected chi connectivity index (χ3v) is 3.17. The van der Waals surface area contributed by atoms with E-state index in [2.05, 4.69) is 37.9 Å². The number of aromatic nitrogens is 1. The largest absolute Gasteiger partial charge is 0.389 e. The van der Waals surface area contributed by atoms with E-state index < -0.39 is 0 Å². The van der Waals surface area contributed by atoms with Gasteiger partial charge in [0.05, 0.1) is 5.51 Å². The minimum Gasteiger partial charge on any atom is -0.389 e. The summed E-state index contributed by atoms with van der Waals surface area (Å²) in [5.41, 5.74) is 13.6. The molecule has 0 bridgehead atoms. The minimum atomic E-state index is 0.796. The summed E-state index contributed by atoms with van der Waals surface area (Å²) in [6, 6.07) is 4.34. The van der Waals surface area contributed by atoms with Gasteiger partial charge in [-0.3, -0.25) is 0 Å². The molecule has 2 aromatic rings. The molecule has 0 fully saturated rings. The third-order valence-electron chi connectivity index (χ3n) is 2.51. The van der Waals surface area contributed by atoms with Gasteiger partial charge >= 0.3 is 0 Å². The Bertz CT molecular complexity index is 477.